The highest BCUT2D eigenvalue weighted by Gasteiger charge is 2.34. The number of nitrogens with zero attached hydrogens (tertiary/aromatic N) is 1. The molecule has 1 aromatic rings. The van der Waals surface area contributed by atoms with Crippen LogP contribution in [-0.4, -0.2) is 135 Å². The van der Waals surface area contributed by atoms with Crippen LogP contribution in [0.5, 0.6) is 0 Å². The van der Waals surface area contributed by atoms with Gasteiger partial charge in [-0.3, -0.25) is 28.8 Å². The quantitative estimate of drug-likeness (QED) is 0.0518. The van der Waals surface area contributed by atoms with Crippen molar-refractivity contribution < 1.29 is 52.8 Å². The Morgan fingerprint density at radius 2 is 1.23 bits per heavy atom. The van der Waals surface area contributed by atoms with E-state index in [1.165, 1.54) is 84.2 Å². The summed E-state index contributed by atoms with van der Waals surface area (Å²) >= 11 is 0. The van der Waals surface area contributed by atoms with Gasteiger partial charge in [-0.25, -0.2) is 10.7 Å². The van der Waals surface area contributed by atoms with Crippen LogP contribution in [-0.2, 0) is 54.1 Å². The van der Waals surface area contributed by atoms with Crippen molar-refractivity contribution in [3.05, 3.63) is 18.2 Å². The molecule has 0 unspecified atom stereocenters. The van der Waals surface area contributed by atoms with Crippen LogP contribution in [0.3, 0.4) is 0 Å². The minimum Gasteiger partial charge on any atom is -0.481 e. The number of aromatic nitrogens is 2. The van der Waals surface area contributed by atoms with Crippen molar-refractivity contribution in [1.29, 1.82) is 0 Å². The number of carbonyl (C=O) groups excluding carboxylic acids is 5. The number of ketones is 1. The zero-order valence-electron chi connectivity index (χ0n) is 37.1. The van der Waals surface area contributed by atoms with E-state index in [1.807, 2.05) is 0 Å². The SMILES string of the molecule is CCCCCCCCCCCCCC(=O)NCCOCCOCC(=O)NCCOCCOCC(=O)NCCCC[C@H](CC(=O)C(C)(C)NC(=O)[C@@H]([NH])Cc1cnc[nH]1)C(=O)O. The van der Waals surface area contributed by atoms with E-state index in [4.69, 9.17) is 24.7 Å². The van der Waals surface area contributed by atoms with E-state index in [-0.39, 0.29) is 83.2 Å². The van der Waals surface area contributed by atoms with Crippen LogP contribution in [0.2, 0.25) is 0 Å². The van der Waals surface area contributed by atoms with Crippen LogP contribution < -0.4 is 27.0 Å². The number of unbranched alkanes of at least 4 members (excludes halogenated alkanes) is 11. The average Bonchev–Trinajstić information content (AvgIpc) is 3.74. The lowest BCUT2D eigenvalue weighted by Crippen LogP contribution is -2.54. The molecule has 349 valence electrons. The Kier molecular flexibility index (Phi) is 32.1. The molecule has 1 heterocycles. The van der Waals surface area contributed by atoms with Crippen molar-refractivity contribution in [3.63, 3.8) is 0 Å². The number of ether oxygens (including phenoxy) is 4. The van der Waals surface area contributed by atoms with Crippen LogP contribution in [0.25, 0.3) is 0 Å². The van der Waals surface area contributed by atoms with Gasteiger partial charge in [0.15, 0.2) is 5.78 Å². The van der Waals surface area contributed by atoms with Gasteiger partial charge < -0.3 is 50.3 Å². The number of imidazole rings is 1. The number of carbonyl (C=O) groups is 6. The first-order valence-corrected chi connectivity index (χ1v) is 22.2. The summed E-state index contributed by atoms with van der Waals surface area (Å²) in [5.41, 5.74) is 7.33. The van der Waals surface area contributed by atoms with E-state index >= 15 is 0 Å². The molecule has 1 radical (unpaired) electrons. The summed E-state index contributed by atoms with van der Waals surface area (Å²) in [6.45, 7) is 7.54. The predicted octanol–water partition coefficient (Wildman–Crippen LogP) is 3.44. The molecule has 2 atom stereocenters. The number of aliphatic carboxylic acids is 1. The molecule has 18 heteroatoms. The predicted molar refractivity (Wildman–Crippen MR) is 229 cm³/mol. The molecule has 0 spiro atoms. The maximum atomic E-state index is 12.9. The second-order valence-electron chi connectivity index (χ2n) is 15.8. The van der Waals surface area contributed by atoms with Gasteiger partial charge >= 0.3 is 5.97 Å². The molecular weight excluding hydrogens is 791 g/mol. The number of aromatic amines is 1. The summed E-state index contributed by atoms with van der Waals surface area (Å²) in [6.07, 6.45) is 18.2. The van der Waals surface area contributed by atoms with Crippen LogP contribution in [0, 0.1) is 5.92 Å². The van der Waals surface area contributed by atoms with E-state index in [0.29, 0.717) is 51.3 Å². The zero-order valence-corrected chi connectivity index (χ0v) is 37.1. The molecule has 18 nitrogen and oxygen atoms in total. The summed E-state index contributed by atoms with van der Waals surface area (Å²) in [7, 11) is 0. The first kappa shape index (κ1) is 55.0. The van der Waals surface area contributed by atoms with E-state index in [2.05, 4.69) is 38.2 Å². The molecule has 0 saturated carbocycles. The van der Waals surface area contributed by atoms with Gasteiger partial charge in [-0.15, -0.1) is 0 Å². The Hall–Kier alpha value is -3.97. The molecule has 1 rings (SSSR count). The lowest BCUT2D eigenvalue weighted by molar-refractivity contribution is -0.145. The molecule has 7 N–H and O–H groups in total. The molecular formula is C43H76N7O11. The summed E-state index contributed by atoms with van der Waals surface area (Å²) < 4.78 is 21.5. The number of Topliss-reactive ketones (excluding diaryl/α,β-unsaturated/α-hetero) is 1. The minimum absolute atomic E-state index is 0.0476. The van der Waals surface area contributed by atoms with Gasteiger partial charge in [0.05, 0.1) is 57.4 Å². The van der Waals surface area contributed by atoms with Crippen molar-refractivity contribution in [3.8, 4) is 0 Å². The van der Waals surface area contributed by atoms with Gasteiger partial charge in [-0.2, -0.15) is 0 Å². The molecule has 0 aromatic carbocycles. The number of carboxylic acids is 1. The van der Waals surface area contributed by atoms with Gasteiger partial charge in [0.2, 0.25) is 23.6 Å². The van der Waals surface area contributed by atoms with Crippen molar-refractivity contribution >= 4 is 35.4 Å². The highest BCUT2D eigenvalue weighted by Crippen LogP contribution is 2.19. The maximum Gasteiger partial charge on any atom is 0.306 e. The Morgan fingerprint density at radius 3 is 1.77 bits per heavy atom. The summed E-state index contributed by atoms with van der Waals surface area (Å²) in [5.74, 6) is -3.76. The Bertz CT molecular complexity index is 1350. The highest BCUT2D eigenvalue weighted by molar-refractivity contribution is 5.95. The van der Waals surface area contributed by atoms with Crippen LogP contribution >= 0.6 is 0 Å². The summed E-state index contributed by atoms with van der Waals surface area (Å²) in [6, 6.07) is -1.17. The number of amides is 4. The van der Waals surface area contributed by atoms with Gasteiger partial charge in [0.1, 0.15) is 19.3 Å². The first-order chi connectivity index (χ1) is 29.4. The average molecular weight is 867 g/mol. The normalized spacial score (nSPS) is 12.4. The highest BCUT2D eigenvalue weighted by atomic mass is 16.5. The summed E-state index contributed by atoms with van der Waals surface area (Å²) in [5, 5.41) is 20.5. The Balaban J connectivity index is 1.95. The van der Waals surface area contributed by atoms with E-state index in [1.54, 1.807) is 0 Å². The molecule has 0 aliphatic carbocycles. The molecule has 0 aliphatic heterocycles. The number of H-pyrrole nitrogens is 1. The number of carboxylic acid groups (broad SMARTS) is 1. The van der Waals surface area contributed by atoms with Gasteiger partial charge in [0, 0.05) is 50.8 Å². The van der Waals surface area contributed by atoms with Crippen LogP contribution in [0.15, 0.2) is 12.5 Å². The molecule has 61 heavy (non-hydrogen) atoms. The van der Waals surface area contributed by atoms with E-state index in [0.717, 1.165) is 12.8 Å². The number of hydrogen-bond acceptors (Lipinski definition) is 11. The molecule has 0 fully saturated rings. The lowest BCUT2D eigenvalue weighted by atomic mass is 9.88. The standard InChI is InChI=1S/C43H76N7O11/c1-4-5-6-7-8-9-10-11-12-13-14-18-38(52)47-20-22-58-24-27-61-32-40(54)48-21-23-59-25-26-60-31-39(53)46-19-16-15-17-34(42(56)57)28-37(51)43(2,3)50-41(55)36(44)29-35-30-45-33-49-35/h30,33-34,36,44H,4-29,31-32H2,1-3H3,(H,45,49)(H,46,53)(H,47,52)(H,48,54)(H,50,55)(H,56,57)/t34-,36+/m1/s1. The van der Waals surface area contributed by atoms with Crippen molar-refractivity contribution in [2.75, 3.05) is 72.5 Å². The zero-order chi connectivity index (χ0) is 45.0. The smallest absolute Gasteiger partial charge is 0.306 e. The Labute approximate surface area is 362 Å². The van der Waals surface area contributed by atoms with Gasteiger partial charge in [-0.05, 0) is 33.1 Å². The van der Waals surface area contributed by atoms with E-state index in [9.17, 15) is 33.9 Å². The van der Waals surface area contributed by atoms with E-state index < -0.39 is 35.2 Å². The summed E-state index contributed by atoms with van der Waals surface area (Å²) in [4.78, 5) is 80.0. The number of nitrogens with one attached hydrogen (secondary N) is 6. The van der Waals surface area contributed by atoms with Crippen LogP contribution in [0.1, 0.15) is 129 Å². The third-order valence-electron chi connectivity index (χ3n) is 9.87. The number of hydrogen-bond donors (Lipinski definition) is 6. The van der Waals surface area contributed by atoms with Crippen molar-refractivity contribution in [1.82, 2.24) is 37.0 Å². The maximum absolute atomic E-state index is 12.9. The largest absolute Gasteiger partial charge is 0.481 e. The van der Waals surface area contributed by atoms with Gasteiger partial charge in [0.25, 0.3) is 0 Å². The lowest BCUT2D eigenvalue weighted by Gasteiger charge is -2.27. The minimum atomic E-state index is -1.35. The van der Waals surface area contributed by atoms with Crippen LogP contribution in [0.4, 0.5) is 0 Å². The molecule has 1 aromatic heterocycles. The van der Waals surface area contributed by atoms with Crippen molar-refractivity contribution in [2.24, 2.45) is 5.92 Å². The Morgan fingerprint density at radius 1 is 0.705 bits per heavy atom. The molecule has 4 amide bonds. The molecule has 0 aliphatic rings. The molecule has 0 saturated heterocycles. The first-order valence-electron chi connectivity index (χ1n) is 22.2. The third kappa shape index (κ3) is 30.7. The van der Waals surface area contributed by atoms with Gasteiger partial charge in [-0.1, -0.05) is 77.6 Å². The topological polar surface area (TPSA) is 260 Å². The fraction of sp³-hybridized carbons (Fsp3) is 0.791. The van der Waals surface area contributed by atoms with Crippen molar-refractivity contribution in [2.45, 2.75) is 142 Å². The fourth-order valence-electron chi connectivity index (χ4n) is 6.14. The second kappa shape index (κ2) is 35.6. The number of rotatable bonds is 41. The monoisotopic (exact) mass is 867 g/mol. The second-order valence-corrected chi connectivity index (χ2v) is 15.8. The third-order valence-corrected chi connectivity index (χ3v) is 9.87. The molecule has 0 bridgehead atoms. The fourth-order valence-corrected chi connectivity index (χ4v) is 6.14.